The number of hydrogen-bond donors (Lipinski definition) is 1. The Morgan fingerprint density at radius 1 is 1.13 bits per heavy atom. The van der Waals surface area contributed by atoms with Crippen molar-refractivity contribution in [3.63, 3.8) is 0 Å². The zero-order chi connectivity index (χ0) is 21.6. The number of anilines is 1. The molecule has 0 aliphatic heterocycles. The van der Waals surface area contributed by atoms with E-state index in [4.69, 9.17) is 10.2 Å². The molecule has 4 rings (SSSR count). The maximum atomic E-state index is 12.5. The van der Waals surface area contributed by atoms with E-state index in [1.807, 2.05) is 42.5 Å². The minimum Gasteiger partial charge on any atom is -0.324 e. The second-order valence-corrected chi connectivity index (χ2v) is 8.67. The molecule has 4 aromatic rings. The largest absolute Gasteiger partial charge is 0.324 e. The molecule has 0 fully saturated rings. The lowest BCUT2D eigenvalue weighted by Crippen LogP contribution is -2.15. The quantitative estimate of drug-likeness (QED) is 0.389. The Balaban J connectivity index is 1.51. The van der Waals surface area contributed by atoms with Gasteiger partial charge in [0.05, 0.1) is 28.8 Å². The van der Waals surface area contributed by atoms with Crippen LogP contribution in [-0.4, -0.2) is 37.2 Å². The predicted octanol–water partition coefficient (Wildman–Crippen LogP) is 4.74. The number of aryl methyl sites for hydroxylation is 1. The van der Waals surface area contributed by atoms with Gasteiger partial charge in [-0.2, -0.15) is 5.26 Å². The van der Waals surface area contributed by atoms with Crippen LogP contribution < -0.4 is 5.32 Å². The second-order valence-electron chi connectivity index (χ2n) is 6.72. The molecule has 2 aromatic heterocycles. The minimum atomic E-state index is -0.159. The van der Waals surface area contributed by atoms with Crippen molar-refractivity contribution in [1.82, 2.24) is 19.7 Å². The molecule has 2 heterocycles. The number of carbonyl (C=O) groups is 1. The number of thioether (sulfide) groups is 2. The minimum absolute atomic E-state index is 0.159. The third kappa shape index (κ3) is 4.65. The summed E-state index contributed by atoms with van der Waals surface area (Å²) in [5, 5.41) is 21.9. The van der Waals surface area contributed by atoms with Gasteiger partial charge in [-0.1, -0.05) is 49.0 Å². The number of carbonyl (C=O) groups excluding carboxylic acids is 1. The van der Waals surface area contributed by atoms with E-state index < -0.39 is 0 Å². The van der Waals surface area contributed by atoms with Gasteiger partial charge >= 0.3 is 0 Å². The van der Waals surface area contributed by atoms with Crippen molar-refractivity contribution < 1.29 is 4.79 Å². The molecule has 7 nitrogen and oxygen atoms in total. The van der Waals surface area contributed by atoms with E-state index in [1.165, 1.54) is 23.5 Å². The van der Waals surface area contributed by atoms with E-state index in [1.54, 1.807) is 0 Å². The van der Waals surface area contributed by atoms with Gasteiger partial charge in [0.15, 0.2) is 5.65 Å². The number of nitrogens with one attached hydrogen (secondary N) is 1. The van der Waals surface area contributed by atoms with Crippen LogP contribution in [-0.2, 0) is 11.3 Å². The third-order valence-corrected chi connectivity index (χ3v) is 6.37. The maximum absolute atomic E-state index is 12.5. The smallest absolute Gasteiger partial charge is 0.234 e. The van der Waals surface area contributed by atoms with E-state index in [9.17, 15) is 4.79 Å². The van der Waals surface area contributed by atoms with E-state index in [2.05, 4.69) is 39.1 Å². The Hall–Kier alpha value is -3.09. The first kappa shape index (κ1) is 21.2. The molecule has 1 amide bonds. The highest BCUT2D eigenvalue weighted by Crippen LogP contribution is 2.28. The van der Waals surface area contributed by atoms with E-state index in [-0.39, 0.29) is 11.7 Å². The molecule has 0 saturated heterocycles. The van der Waals surface area contributed by atoms with Gasteiger partial charge in [-0.05, 0) is 24.6 Å². The van der Waals surface area contributed by atoms with Gasteiger partial charge in [-0.3, -0.25) is 4.79 Å². The van der Waals surface area contributed by atoms with Crippen LogP contribution in [0.25, 0.3) is 22.1 Å². The summed E-state index contributed by atoms with van der Waals surface area (Å²) >= 11 is 2.65. The predicted molar refractivity (Wildman–Crippen MR) is 125 cm³/mol. The molecule has 0 atom stereocenters. The Kier molecular flexibility index (Phi) is 6.70. The summed E-state index contributed by atoms with van der Waals surface area (Å²) in [6.07, 6.45) is 0.978. The molecule has 9 heteroatoms. The van der Waals surface area contributed by atoms with Crippen LogP contribution in [0, 0.1) is 11.3 Å². The fourth-order valence-corrected chi connectivity index (χ4v) is 4.57. The highest BCUT2D eigenvalue weighted by atomic mass is 32.2. The molecule has 31 heavy (non-hydrogen) atoms. The zero-order valence-corrected chi connectivity index (χ0v) is 18.5. The summed E-state index contributed by atoms with van der Waals surface area (Å²) < 4.78 is 2.16. The van der Waals surface area contributed by atoms with E-state index in [0.29, 0.717) is 16.6 Å². The number of nitriles is 1. The summed E-state index contributed by atoms with van der Waals surface area (Å²) in [5.74, 6) is 0.332. The summed E-state index contributed by atoms with van der Waals surface area (Å²) in [5.41, 5.74) is 3.36. The summed E-state index contributed by atoms with van der Waals surface area (Å²) in [4.78, 5) is 18.1. The second kappa shape index (κ2) is 9.81. The van der Waals surface area contributed by atoms with Crippen molar-refractivity contribution in [2.24, 2.45) is 0 Å². The molecule has 0 bridgehead atoms. The average molecular weight is 449 g/mol. The summed E-state index contributed by atoms with van der Waals surface area (Å²) in [7, 11) is 0. The fourth-order valence-electron chi connectivity index (χ4n) is 3.32. The van der Waals surface area contributed by atoms with Gasteiger partial charge in [0.25, 0.3) is 0 Å². The normalized spacial score (nSPS) is 11.0. The highest BCUT2D eigenvalue weighted by molar-refractivity contribution is 8.00. The number of amides is 1. The molecule has 156 valence electrons. The van der Waals surface area contributed by atoms with Gasteiger partial charge in [0.2, 0.25) is 11.1 Å². The summed E-state index contributed by atoms with van der Waals surface area (Å²) in [6, 6.07) is 17.6. The Morgan fingerprint density at radius 2 is 1.94 bits per heavy atom. The number of rotatable bonds is 8. The lowest BCUT2D eigenvalue weighted by atomic mass is 10.2. The van der Waals surface area contributed by atoms with Crippen LogP contribution in [0.3, 0.4) is 0 Å². The number of hydrogen-bond acceptors (Lipinski definition) is 7. The molecule has 0 spiro atoms. The average Bonchev–Trinajstić information content (AvgIpc) is 3.10. The number of aromatic nitrogens is 4. The van der Waals surface area contributed by atoms with Crippen LogP contribution >= 0.6 is 23.5 Å². The fraction of sp³-hybridized carbons (Fsp3) is 0.227. The lowest BCUT2D eigenvalue weighted by Gasteiger charge is -2.09. The highest BCUT2D eigenvalue weighted by Gasteiger charge is 2.15. The number of benzene rings is 2. The van der Waals surface area contributed by atoms with Crippen molar-refractivity contribution in [2.45, 2.75) is 29.9 Å². The number of fused-ring (bicyclic) bond motifs is 3. The van der Waals surface area contributed by atoms with Crippen LogP contribution in [0.1, 0.15) is 13.3 Å². The van der Waals surface area contributed by atoms with E-state index in [0.717, 1.165) is 39.9 Å². The topological polar surface area (TPSA) is 96.5 Å². The Labute approximate surface area is 188 Å². The molecule has 0 aliphatic rings. The van der Waals surface area contributed by atoms with Crippen molar-refractivity contribution >= 4 is 57.2 Å². The van der Waals surface area contributed by atoms with Crippen molar-refractivity contribution in [2.75, 3.05) is 16.8 Å². The van der Waals surface area contributed by atoms with Gasteiger partial charge in [0, 0.05) is 16.8 Å². The van der Waals surface area contributed by atoms with Crippen LogP contribution in [0.15, 0.2) is 58.6 Å². The number of nitrogens with zero attached hydrogens (tertiary/aromatic N) is 5. The molecular formula is C22H20N6OS2. The van der Waals surface area contributed by atoms with E-state index >= 15 is 0 Å². The summed E-state index contributed by atoms with van der Waals surface area (Å²) in [6.45, 7) is 2.96. The molecule has 0 unspecified atom stereocenters. The van der Waals surface area contributed by atoms with Crippen molar-refractivity contribution in [1.29, 1.82) is 5.26 Å². The zero-order valence-electron chi connectivity index (χ0n) is 16.9. The van der Waals surface area contributed by atoms with Gasteiger partial charge in [-0.15, -0.1) is 22.0 Å². The first-order valence-electron chi connectivity index (χ1n) is 9.84. The van der Waals surface area contributed by atoms with Gasteiger partial charge in [-0.25, -0.2) is 4.98 Å². The Bertz CT molecular complexity index is 1280. The van der Waals surface area contributed by atoms with Crippen LogP contribution in [0.4, 0.5) is 5.69 Å². The molecule has 0 saturated carbocycles. The maximum Gasteiger partial charge on any atom is 0.234 e. The molecular weight excluding hydrogens is 428 g/mol. The molecule has 1 N–H and O–H groups in total. The van der Waals surface area contributed by atoms with Crippen molar-refractivity contribution in [3.8, 4) is 6.07 Å². The monoisotopic (exact) mass is 448 g/mol. The Morgan fingerprint density at radius 3 is 2.77 bits per heavy atom. The van der Waals surface area contributed by atoms with Gasteiger partial charge in [0.1, 0.15) is 5.52 Å². The molecule has 0 aliphatic carbocycles. The standard InChI is InChI=1S/C22H20N6OS2/c1-2-12-28-17-9-5-3-7-15(17)20-21(28)25-22(27-26-20)31-14-19(29)24-16-8-4-6-10-18(16)30-13-11-23/h3-10H,2,12-14H2,1H3,(H,24,29). The first-order valence-corrected chi connectivity index (χ1v) is 11.8. The van der Waals surface area contributed by atoms with Crippen LogP contribution in [0.5, 0.6) is 0 Å². The SMILES string of the molecule is CCCn1c2ccccc2c2nnc(SCC(=O)Nc3ccccc3SCC#N)nc21. The molecule has 2 aromatic carbocycles. The third-order valence-electron chi connectivity index (χ3n) is 4.59. The number of para-hydroxylation sites is 2. The van der Waals surface area contributed by atoms with Crippen molar-refractivity contribution in [3.05, 3.63) is 48.5 Å². The van der Waals surface area contributed by atoms with Gasteiger partial charge < -0.3 is 9.88 Å². The lowest BCUT2D eigenvalue weighted by molar-refractivity contribution is -0.113. The first-order chi connectivity index (χ1) is 15.2. The molecule has 0 radical (unpaired) electrons. The van der Waals surface area contributed by atoms with Crippen LogP contribution in [0.2, 0.25) is 0 Å².